The van der Waals surface area contributed by atoms with Crippen LogP contribution in [0.25, 0.3) is 0 Å². The van der Waals surface area contributed by atoms with Crippen LogP contribution in [0.3, 0.4) is 0 Å². The van der Waals surface area contributed by atoms with E-state index in [1.165, 1.54) is 11.1 Å². The zero-order valence-electron chi connectivity index (χ0n) is 18.1. The molecule has 2 bridgehead atoms. The Labute approximate surface area is 174 Å². The van der Waals surface area contributed by atoms with Gasteiger partial charge in [0.1, 0.15) is 0 Å². The lowest BCUT2D eigenvalue weighted by molar-refractivity contribution is -0.137. The Morgan fingerprint density at radius 1 is 1.21 bits per heavy atom. The van der Waals surface area contributed by atoms with Crippen LogP contribution in [0.15, 0.2) is 49.0 Å². The number of likely N-dealkylation sites (tertiary alicyclic amines) is 1. The van der Waals surface area contributed by atoms with Gasteiger partial charge in [-0.2, -0.15) is 0 Å². The van der Waals surface area contributed by atoms with E-state index < -0.39 is 19.7 Å². The summed E-state index contributed by atoms with van der Waals surface area (Å²) < 4.78 is 6.74. The number of pyridine rings is 1. The monoisotopic (exact) mass is 410 g/mol. The van der Waals surface area contributed by atoms with E-state index in [0.29, 0.717) is 0 Å². The largest absolute Gasteiger partial charge is 0.546 e. The Hall–Kier alpha value is -2.21. The van der Waals surface area contributed by atoms with Crippen LogP contribution < -0.4 is 0 Å². The van der Waals surface area contributed by atoms with Gasteiger partial charge in [0.15, 0.2) is 0 Å². The average Bonchev–Trinajstić information content (AvgIpc) is 3.17. The summed E-state index contributed by atoms with van der Waals surface area (Å²) in [4.78, 5) is 32.1. The normalized spacial score (nSPS) is 33.7. The number of hydrogen-bond donors (Lipinski definition) is 0. The van der Waals surface area contributed by atoms with Gasteiger partial charge < -0.3 is 4.43 Å². The number of amides is 2. The summed E-state index contributed by atoms with van der Waals surface area (Å²) in [5.74, 6) is -0.521. The molecule has 1 aromatic heterocycles. The predicted molar refractivity (Wildman–Crippen MR) is 114 cm³/mol. The highest BCUT2D eigenvalue weighted by atomic mass is 28.4. The molecule has 1 saturated heterocycles. The Morgan fingerprint density at radius 2 is 1.86 bits per heavy atom. The van der Waals surface area contributed by atoms with Gasteiger partial charge in [-0.05, 0) is 36.3 Å². The van der Waals surface area contributed by atoms with Gasteiger partial charge >= 0.3 is 0 Å². The Balaban J connectivity index is 1.82. The highest BCUT2D eigenvalue weighted by Crippen LogP contribution is 2.66. The summed E-state index contributed by atoms with van der Waals surface area (Å²) in [5.41, 5.74) is 0.479. The van der Waals surface area contributed by atoms with Crippen molar-refractivity contribution in [3.63, 3.8) is 0 Å². The molecule has 1 aromatic rings. The second-order valence-electron chi connectivity index (χ2n) is 10.2. The molecular weight excluding hydrogens is 380 g/mol. The van der Waals surface area contributed by atoms with Crippen molar-refractivity contribution < 1.29 is 14.0 Å². The van der Waals surface area contributed by atoms with Crippen molar-refractivity contribution >= 4 is 20.1 Å². The van der Waals surface area contributed by atoms with Crippen LogP contribution in [0.2, 0.25) is 18.1 Å². The van der Waals surface area contributed by atoms with Crippen LogP contribution in [0.5, 0.6) is 0 Å². The standard InChI is InChI=1S/C23H30N2O3Si/c1-8-25-20(26)17-14-13-15(28-29(6,7)22(2,3)4)19(18(17)21(25)27)23(14,5)16-11-9-10-12-24-16/h8-14,17-19H,1H2,2-7H3. The SMILES string of the molecule is C=CN1C(=O)C2C(C1=O)C1C(O[Si](C)(C)C(C)(C)C)=CC2C1(C)c1ccccn1. The number of hydrogen-bond acceptors (Lipinski definition) is 4. The van der Waals surface area contributed by atoms with Crippen LogP contribution in [0.4, 0.5) is 0 Å². The molecule has 6 heteroatoms. The van der Waals surface area contributed by atoms with Crippen molar-refractivity contribution in [2.45, 2.75) is 51.2 Å². The van der Waals surface area contributed by atoms with Gasteiger partial charge in [-0.15, -0.1) is 0 Å². The maximum absolute atomic E-state index is 13.2. The summed E-state index contributed by atoms with van der Waals surface area (Å²) in [5, 5.41) is 0.0408. The molecule has 3 aliphatic rings. The fourth-order valence-electron chi connectivity index (χ4n) is 5.18. The van der Waals surface area contributed by atoms with Gasteiger partial charge in [0.05, 0.1) is 17.6 Å². The Kier molecular flexibility index (Phi) is 4.25. The number of imide groups is 1. The van der Waals surface area contributed by atoms with Crippen LogP contribution in [-0.2, 0) is 19.4 Å². The smallest absolute Gasteiger partial charge is 0.250 e. The quantitative estimate of drug-likeness (QED) is 0.550. The van der Waals surface area contributed by atoms with Gasteiger partial charge in [-0.1, -0.05) is 40.3 Å². The van der Waals surface area contributed by atoms with E-state index in [1.54, 1.807) is 6.20 Å². The fourth-order valence-corrected chi connectivity index (χ4v) is 6.27. The molecule has 4 rings (SSSR count). The summed E-state index contributed by atoms with van der Waals surface area (Å²) in [6.45, 7) is 16.9. The lowest BCUT2D eigenvalue weighted by Crippen LogP contribution is -2.43. The van der Waals surface area contributed by atoms with Gasteiger partial charge in [0, 0.05) is 35.3 Å². The van der Waals surface area contributed by atoms with Gasteiger partial charge in [-0.3, -0.25) is 19.5 Å². The van der Waals surface area contributed by atoms with E-state index in [0.717, 1.165) is 11.5 Å². The minimum atomic E-state index is -2.10. The minimum Gasteiger partial charge on any atom is -0.546 e. The van der Waals surface area contributed by atoms with Crippen molar-refractivity contribution in [3.05, 3.63) is 54.7 Å². The molecule has 0 spiro atoms. The summed E-state index contributed by atoms with van der Waals surface area (Å²) >= 11 is 0. The molecule has 29 heavy (non-hydrogen) atoms. The van der Waals surface area contributed by atoms with Crippen molar-refractivity contribution in [1.29, 1.82) is 0 Å². The van der Waals surface area contributed by atoms with E-state index in [2.05, 4.69) is 58.4 Å². The zero-order valence-corrected chi connectivity index (χ0v) is 19.1. The topological polar surface area (TPSA) is 59.5 Å². The number of nitrogens with zero attached hydrogens (tertiary/aromatic N) is 2. The molecule has 2 heterocycles. The average molecular weight is 411 g/mol. The number of allylic oxidation sites excluding steroid dienone is 2. The van der Waals surface area contributed by atoms with Gasteiger partial charge in [-0.25, -0.2) is 0 Å². The summed E-state index contributed by atoms with van der Waals surface area (Å²) in [6.07, 6.45) is 5.26. The molecule has 5 nitrogen and oxygen atoms in total. The number of carbonyl (C=O) groups excluding carboxylic acids is 2. The van der Waals surface area contributed by atoms with Crippen molar-refractivity contribution in [2.75, 3.05) is 0 Å². The molecule has 1 aliphatic heterocycles. The van der Waals surface area contributed by atoms with Gasteiger partial charge in [0.25, 0.3) is 0 Å². The highest BCUT2D eigenvalue weighted by Gasteiger charge is 2.71. The Bertz CT molecular complexity index is 918. The summed E-state index contributed by atoms with van der Waals surface area (Å²) in [6, 6.07) is 5.86. The lowest BCUT2D eigenvalue weighted by atomic mass is 9.73. The van der Waals surface area contributed by atoms with Crippen LogP contribution >= 0.6 is 0 Å². The van der Waals surface area contributed by atoms with Crippen LogP contribution in [-0.4, -0.2) is 30.0 Å². The minimum absolute atomic E-state index is 0.0408. The van der Waals surface area contributed by atoms with Crippen molar-refractivity contribution in [1.82, 2.24) is 9.88 Å². The first-order valence-corrected chi connectivity index (χ1v) is 13.2. The van der Waals surface area contributed by atoms with Crippen LogP contribution in [0.1, 0.15) is 33.4 Å². The van der Waals surface area contributed by atoms with E-state index in [9.17, 15) is 9.59 Å². The fraction of sp³-hybridized carbons (Fsp3) is 0.522. The third-order valence-corrected chi connectivity index (χ3v) is 12.1. The first-order valence-electron chi connectivity index (χ1n) is 10.3. The van der Waals surface area contributed by atoms with E-state index in [1.807, 2.05) is 18.2 Å². The highest BCUT2D eigenvalue weighted by molar-refractivity contribution is 6.74. The molecule has 2 amide bonds. The van der Waals surface area contributed by atoms with Crippen LogP contribution in [0, 0.1) is 23.7 Å². The number of rotatable bonds is 4. The van der Waals surface area contributed by atoms with E-state index in [-0.39, 0.29) is 34.6 Å². The first kappa shape index (κ1) is 20.1. The van der Waals surface area contributed by atoms with Crippen molar-refractivity contribution in [3.8, 4) is 0 Å². The molecule has 5 atom stereocenters. The van der Waals surface area contributed by atoms with Crippen molar-refractivity contribution in [2.24, 2.45) is 23.7 Å². The molecule has 5 unspecified atom stereocenters. The molecule has 0 aromatic carbocycles. The van der Waals surface area contributed by atoms with E-state index >= 15 is 0 Å². The first-order chi connectivity index (χ1) is 13.4. The lowest BCUT2D eigenvalue weighted by Gasteiger charge is -2.40. The number of fused-ring (bicyclic) bond motifs is 5. The summed E-state index contributed by atoms with van der Waals surface area (Å²) in [7, 11) is -2.10. The number of carbonyl (C=O) groups is 2. The number of aromatic nitrogens is 1. The maximum atomic E-state index is 13.2. The zero-order chi connectivity index (χ0) is 21.4. The predicted octanol–water partition coefficient (Wildman–Crippen LogP) is 4.25. The van der Waals surface area contributed by atoms with E-state index in [4.69, 9.17) is 4.43 Å². The second-order valence-corrected chi connectivity index (χ2v) is 14.9. The molecule has 154 valence electrons. The molecule has 0 N–H and O–H groups in total. The van der Waals surface area contributed by atoms with Gasteiger partial charge in [0.2, 0.25) is 20.1 Å². The Morgan fingerprint density at radius 3 is 2.41 bits per heavy atom. The third-order valence-electron chi connectivity index (χ3n) is 7.75. The molecule has 1 saturated carbocycles. The molecule has 0 radical (unpaired) electrons. The molecule has 2 aliphatic carbocycles. The molecular formula is C23H30N2O3Si. The second kappa shape index (κ2) is 6.14. The maximum Gasteiger partial charge on any atom is 0.250 e. The third kappa shape index (κ3) is 2.54. The molecule has 2 fully saturated rings.